The molecule has 1 N–H and O–H groups in total. The number of rotatable bonds is 4. The molecule has 15 heavy (non-hydrogen) atoms. The molecular formula is C11H15FO3. The molecule has 1 atom stereocenters. The molecule has 3 nitrogen and oxygen atoms in total. The SMILES string of the molecule is COC(OC)C(C)(O)c1cccc(F)c1. The Labute approximate surface area is 88.4 Å². The topological polar surface area (TPSA) is 38.7 Å². The fourth-order valence-electron chi connectivity index (χ4n) is 1.49. The maximum atomic E-state index is 13.0. The van der Waals surface area contributed by atoms with E-state index < -0.39 is 17.7 Å². The minimum Gasteiger partial charge on any atom is -0.380 e. The van der Waals surface area contributed by atoms with Crippen LogP contribution < -0.4 is 0 Å². The molecule has 1 aromatic carbocycles. The Kier molecular flexibility index (Phi) is 3.79. The van der Waals surface area contributed by atoms with Crippen LogP contribution >= 0.6 is 0 Å². The quantitative estimate of drug-likeness (QED) is 0.774. The van der Waals surface area contributed by atoms with Gasteiger partial charge in [-0.2, -0.15) is 0 Å². The van der Waals surface area contributed by atoms with Crippen molar-refractivity contribution in [3.05, 3.63) is 35.6 Å². The molecule has 0 aromatic heterocycles. The van der Waals surface area contributed by atoms with E-state index in [1.54, 1.807) is 6.07 Å². The van der Waals surface area contributed by atoms with Crippen molar-refractivity contribution in [3.8, 4) is 0 Å². The van der Waals surface area contributed by atoms with Crippen LogP contribution in [0.5, 0.6) is 0 Å². The van der Waals surface area contributed by atoms with Gasteiger partial charge >= 0.3 is 0 Å². The summed E-state index contributed by atoms with van der Waals surface area (Å²) in [6.07, 6.45) is -0.834. The van der Waals surface area contributed by atoms with Gasteiger partial charge in [-0.15, -0.1) is 0 Å². The molecule has 0 fully saturated rings. The van der Waals surface area contributed by atoms with Crippen molar-refractivity contribution in [2.75, 3.05) is 14.2 Å². The highest BCUT2D eigenvalue weighted by Crippen LogP contribution is 2.27. The van der Waals surface area contributed by atoms with E-state index in [1.165, 1.54) is 39.3 Å². The lowest BCUT2D eigenvalue weighted by Gasteiger charge is -2.30. The van der Waals surface area contributed by atoms with Crippen molar-refractivity contribution in [3.63, 3.8) is 0 Å². The number of ether oxygens (including phenoxy) is 2. The van der Waals surface area contributed by atoms with E-state index in [0.29, 0.717) is 5.56 Å². The van der Waals surface area contributed by atoms with Gasteiger partial charge < -0.3 is 14.6 Å². The highest BCUT2D eigenvalue weighted by Gasteiger charge is 2.34. The number of benzene rings is 1. The van der Waals surface area contributed by atoms with Crippen molar-refractivity contribution >= 4 is 0 Å². The van der Waals surface area contributed by atoms with Gasteiger partial charge in [0.1, 0.15) is 11.4 Å². The summed E-state index contributed by atoms with van der Waals surface area (Å²) in [7, 11) is 2.84. The molecule has 0 heterocycles. The minimum absolute atomic E-state index is 0.404. The first-order chi connectivity index (χ1) is 7.02. The monoisotopic (exact) mass is 214 g/mol. The molecule has 0 aliphatic rings. The van der Waals surface area contributed by atoms with E-state index in [0.717, 1.165) is 0 Å². The molecular weight excluding hydrogens is 199 g/mol. The van der Waals surface area contributed by atoms with Crippen LogP contribution in [-0.4, -0.2) is 25.6 Å². The van der Waals surface area contributed by atoms with Gasteiger partial charge in [0.05, 0.1) is 0 Å². The van der Waals surface area contributed by atoms with E-state index in [2.05, 4.69) is 0 Å². The van der Waals surface area contributed by atoms with Gasteiger partial charge in [-0.25, -0.2) is 4.39 Å². The van der Waals surface area contributed by atoms with Gasteiger partial charge in [0.15, 0.2) is 6.29 Å². The third kappa shape index (κ3) is 2.53. The Morgan fingerprint density at radius 2 is 1.93 bits per heavy atom. The van der Waals surface area contributed by atoms with Gasteiger partial charge in [-0.05, 0) is 24.6 Å². The van der Waals surface area contributed by atoms with E-state index in [4.69, 9.17) is 9.47 Å². The molecule has 0 aliphatic heterocycles. The zero-order chi connectivity index (χ0) is 11.5. The second-order valence-corrected chi connectivity index (χ2v) is 3.46. The standard InChI is InChI=1S/C11H15FO3/c1-11(13,10(14-2)15-3)8-5-4-6-9(12)7-8/h4-7,10,13H,1-3H3. The Balaban J connectivity index is 3.03. The van der Waals surface area contributed by atoms with Crippen molar-refractivity contribution in [2.24, 2.45) is 0 Å². The number of aliphatic hydroxyl groups is 1. The van der Waals surface area contributed by atoms with Gasteiger partial charge in [-0.3, -0.25) is 0 Å². The lowest BCUT2D eigenvalue weighted by molar-refractivity contribution is -0.213. The Morgan fingerprint density at radius 1 is 1.33 bits per heavy atom. The molecule has 84 valence electrons. The summed E-state index contributed by atoms with van der Waals surface area (Å²) < 4.78 is 22.9. The number of hydrogen-bond donors (Lipinski definition) is 1. The first kappa shape index (κ1) is 12.1. The summed E-state index contributed by atoms with van der Waals surface area (Å²) in [6, 6.07) is 5.72. The number of hydrogen-bond acceptors (Lipinski definition) is 3. The third-order valence-electron chi connectivity index (χ3n) is 2.30. The average molecular weight is 214 g/mol. The fourth-order valence-corrected chi connectivity index (χ4v) is 1.49. The molecule has 1 unspecified atom stereocenters. The summed E-state index contributed by atoms with van der Waals surface area (Å²) in [5.74, 6) is -0.404. The highest BCUT2D eigenvalue weighted by molar-refractivity contribution is 5.23. The molecule has 0 saturated carbocycles. The summed E-state index contributed by atoms with van der Waals surface area (Å²) >= 11 is 0. The molecule has 0 saturated heterocycles. The van der Waals surface area contributed by atoms with Gasteiger partial charge in [0.25, 0.3) is 0 Å². The van der Waals surface area contributed by atoms with E-state index in [1.807, 2.05) is 0 Å². The first-order valence-corrected chi connectivity index (χ1v) is 4.56. The van der Waals surface area contributed by atoms with Gasteiger partial charge in [0.2, 0.25) is 0 Å². The fraction of sp³-hybridized carbons (Fsp3) is 0.455. The first-order valence-electron chi connectivity index (χ1n) is 4.56. The van der Waals surface area contributed by atoms with E-state index >= 15 is 0 Å². The molecule has 4 heteroatoms. The van der Waals surface area contributed by atoms with Crippen LogP contribution in [-0.2, 0) is 15.1 Å². The third-order valence-corrected chi connectivity index (χ3v) is 2.30. The van der Waals surface area contributed by atoms with Crippen LogP contribution in [0.25, 0.3) is 0 Å². The second-order valence-electron chi connectivity index (χ2n) is 3.46. The van der Waals surface area contributed by atoms with Crippen molar-refractivity contribution in [1.29, 1.82) is 0 Å². The Morgan fingerprint density at radius 3 is 2.40 bits per heavy atom. The Hall–Kier alpha value is -0.970. The smallest absolute Gasteiger partial charge is 0.189 e. The zero-order valence-corrected chi connectivity index (χ0v) is 9.03. The highest BCUT2D eigenvalue weighted by atomic mass is 19.1. The number of methoxy groups -OCH3 is 2. The van der Waals surface area contributed by atoms with Crippen LogP contribution in [0.4, 0.5) is 4.39 Å². The van der Waals surface area contributed by atoms with Crippen LogP contribution in [0.15, 0.2) is 24.3 Å². The van der Waals surface area contributed by atoms with Gasteiger partial charge in [0, 0.05) is 14.2 Å². The van der Waals surface area contributed by atoms with Crippen LogP contribution in [0.1, 0.15) is 12.5 Å². The lowest BCUT2D eigenvalue weighted by atomic mass is 9.95. The Bertz CT molecular complexity index is 321. The van der Waals surface area contributed by atoms with Crippen LogP contribution in [0, 0.1) is 5.82 Å². The van der Waals surface area contributed by atoms with Crippen LogP contribution in [0.3, 0.4) is 0 Å². The number of halogens is 1. The summed E-state index contributed by atoms with van der Waals surface area (Å²) in [5, 5.41) is 10.2. The summed E-state index contributed by atoms with van der Waals surface area (Å²) in [6.45, 7) is 1.51. The largest absolute Gasteiger partial charge is 0.380 e. The molecule has 0 spiro atoms. The molecule has 0 aliphatic carbocycles. The predicted molar refractivity (Wildman–Crippen MR) is 53.8 cm³/mol. The summed E-state index contributed by atoms with van der Waals surface area (Å²) in [4.78, 5) is 0. The molecule has 1 rings (SSSR count). The second kappa shape index (κ2) is 4.70. The molecule has 1 aromatic rings. The normalized spacial score (nSPS) is 15.3. The lowest BCUT2D eigenvalue weighted by Crippen LogP contribution is -2.39. The van der Waals surface area contributed by atoms with E-state index in [9.17, 15) is 9.50 Å². The van der Waals surface area contributed by atoms with Crippen molar-refractivity contribution < 1.29 is 19.0 Å². The average Bonchev–Trinajstić information content (AvgIpc) is 2.19. The minimum atomic E-state index is -1.38. The van der Waals surface area contributed by atoms with Gasteiger partial charge in [-0.1, -0.05) is 12.1 Å². The summed E-state index contributed by atoms with van der Waals surface area (Å²) in [5.41, 5.74) is -0.970. The van der Waals surface area contributed by atoms with Crippen molar-refractivity contribution in [1.82, 2.24) is 0 Å². The van der Waals surface area contributed by atoms with Crippen molar-refractivity contribution in [2.45, 2.75) is 18.8 Å². The zero-order valence-electron chi connectivity index (χ0n) is 9.03. The predicted octanol–water partition coefficient (Wildman–Crippen LogP) is 1.65. The maximum absolute atomic E-state index is 13.0. The maximum Gasteiger partial charge on any atom is 0.189 e. The van der Waals surface area contributed by atoms with Crippen LogP contribution in [0.2, 0.25) is 0 Å². The molecule has 0 radical (unpaired) electrons. The van der Waals surface area contributed by atoms with E-state index in [-0.39, 0.29) is 0 Å². The molecule has 0 amide bonds. The molecule has 0 bridgehead atoms.